The smallest absolute Gasteiger partial charge is 0.0383 e. The molecule has 0 aromatic rings. The van der Waals surface area contributed by atoms with Gasteiger partial charge in [0.15, 0.2) is 0 Å². The molecule has 0 aromatic heterocycles. The second kappa shape index (κ2) is 3.29. The molecule has 4 unspecified atom stereocenters. The van der Waals surface area contributed by atoms with E-state index in [-0.39, 0.29) is 0 Å². The Balaban J connectivity index is 1.77. The largest absolute Gasteiger partial charge is 0.0528 e. The molecule has 0 amide bonds. The summed E-state index contributed by atoms with van der Waals surface area (Å²) in [6.07, 6.45) is 14.2. The lowest BCUT2D eigenvalue weighted by Gasteiger charge is -2.26. The molecule has 2 bridgehead atoms. The summed E-state index contributed by atoms with van der Waals surface area (Å²) in [5, 5.41) is 0. The molecule has 3 rings (SSSR count). The second-order valence-corrected chi connectivity index (χ2v) is 5.82. The summed E-state index contributed by atoms with van der Waals surface area (Å²) in [5.74, 6) is 4.61. The molecule has 0 N–H and O–H groups in total. The van der Waals surface area contributed by atoms with Crippen LogP contribution in [0.5, 0.6) is 0 Å². The van der Waals surface area contributed by atoms with Crippen molar-refractivity contribution in [2.45, 2.75) is 57.8 Å². The molecule has 0 aliphatic heterocycles. The van der Waals surface area contributed by atoms with E-state index in [0.717, 1.165) is 23.7 Å². The third kappa shape index (κ3) is 1.53. The van der Waals surface area contributed by atoms with Crippen molar-refractivity contribution in [3.8, 4) is 0 Å². The van der Waals surface area contributed by atoms with Gasteiger partial charge >= 0.3 is 0 Å². The van der Waals surface area contributed by atoms with Gasteiger partial charge in [-0.2, -0.15) is 0 Å². The van der Waals surface area contributed by atoms with Gasteiger partial charge in [0.25, 0.3) is 0 Å². The minimum Gasteiger partial charge on any atom is -0.0528 e. The highest BCUT2D eigenvalue weighted by Gasteiger charge is 2.36. The Labute approximate surface area is 82.1 Å². The lowest BCUT2D eigenvalue weighted by Crippen LogP contribution is -2.13. The Morgan fingerprint density at radius 3 is 1.69 bits per heavy atom. The highest BCUT2D eigenvalue weighted by atomic mass is 14.4. The van der Waals surface area contributed by atoms with Crippen LogP contribution in [0.3, 0.4) is 0 Å². The van der Waals surface area contributed by atoms with Crippen LogP contribution in [0, 0.1) is 23.7 Å². The van der Waals surface area contributed by atoms with Crippen molar-refractivity contribution in [2.24, 2.45) is 23.7 Å². The molecule has 3 saturated carbocycles. The van der Waals surface area contributed by atoms with E-state index in [1.165, 1.54) is 0 Å². The molecule has 0 heteroatoms. The molecular weight excluding hydrogens is 156 g/mol. The van der Waals surface area contributed by atoms with E-state index in [1.807, 2.05) is 0 Å². The van der Waals surface area contributed by atoms with Crippen LogP contribution in [0.1, 0.15) is 57.8 Å². The van der Waals surface area contributed by atoms with Crippen molar-refractivity contribution >= 4 is 0 Å². The van der Waals surface area contributed by atoms with Gasteiger partial charge in [0.05, 0.1) is 0 Å². The maximum Gasteiger partial charge on any atom is -0.0383 e. The summed E-state index contributed by atoms with van der Waals surface area (Å²) >= 11 is 0. The van der Waals surface area contributed by atoms with E-state index in [0.29, 0.717) is 0 Å². The Morgan fingerprint density at radius 2 is 1.08 bits per heavy atom. The lowest BCUT2D eigenvalue weighted by molar-refractivity contribution is 0.259. The molecule has 0 saturated heterocycles. The van der Waals surface area contributed by atoms with Gasteiger partial charge in [0.2, 0.25) is 0 Å². The predicted molar refractivity (Wildman–Crippen MR) is 55.5 cm³/mol. The van der Waals surface area contributed by atoms with Crippen LogP contribution in [0.25, 0.3) is 0 Å². The summed E-state index contributed by atoms with van der Waals surface area (Å²) in [4.78, 5) is 0. The first-order valence-electron chi connectivity index (χ1n) is 6.42. The van der Waals surface area contributed by atoms with Crippen LogP contribution in [0.2, 0.25) is 0 Å². The molecule has 4 atom stereocenters. The fourth-order valence-corrected chi connectivity index (χ4v) is 4.42. The molecule has 0 radical (unpaired) electrons. The standard InChI is InChI=1S/C13H22/c1-3-10-7-11(4-1)9-13-6-2-5-12(13)8-10/h10-13H,1-9H2. The normalized spacial score (nSPS) is 49.8. The maximum atomic E-state index is 1.61. The zero-order chi connectivity index (χ0) is 8.67. The minimum atomic E-state index is 1.15. The van der Waals surface area contributed by atoms with Crippen molar-refractivity contribution in [2.75, 3.05) is 0 Å². The third-order valence-corrected chi connectivity index (χ3v) is 4.98. The topological polar surface area (TPSA) is 0 Å². The highest BCUT2D eigenvalue weighted by molar-refractivity contribution is 4.88. The Hall–Kier alpha value is 0. The van der Waals surface area contributed by atoms with E-state index in [1.54, 1.807) is 57.8 Å². The molecule has 0 heterocycles. The Bertz CT molecular complexity index is 166. The first kappa shape index (κ1) is 8.32. The first-order valence-corrected chi connectivity index (χ1v) is 6.42. The van der Waals surface area contributed by atoms with E-state index >= 15 is 0 Å². The van der Waals surface area contributed by atoms with Crippen LogP contribution >= 0.6 is 0 Å². The molecule has 74 valence electrons. The predicted octanol–water partition coefficient (Wildman–Crippen LogP) is 4.00. The second-order valence-electron chi connectivity index (χ2n) is 5.82. The summed E-state index contributed by atoms with van der Waals surface area (Å²) < 4.78 is 0. The van der Waals surface area contributed by atoms with E-state index < -0.39 is 0 Å². The van der Waals surface area contributed by atoms with Crippen LogP contribution in [0.4, 0.5) is 0 Å². The summed E-state index contributed by atoms with van der Waals surface area (Å²) in [6.45, 7) is 0. The van der Waals surface area contributed by atoms with Gasteiger partial charge in [-0.05, 0) is 42.9 Å². The summed E-state index contributed by atoms with van der Waals surface area (Å²) in [5.41, 5.74) is 0. The molecule has 13 heavy (non-hydrogen) atoms. The first-order chi connectivity index (χ1) is 6.42. The number of hydrogen-bond donors (Lipinski definition) is 0. The summed E-state index contributed by atoms with van der Waals surface area (Å²) in [6, 6.07) is 0. The number of fused-ring (bicyclic) bond motifs is 3. The number of hydrogen-bond acceptors (Lipinski definition) is 0. The van der Waals surface area contributed by atoms with Crippen LogP contribution in [0.15, 0.2) is 0 Å². The molecule has 3 fully saturated rings. The molecule has 0 aromatic carbocycles. The quantitative estimate of drug-likeness (QED) is 0.526. The van der Waals surface area contributed by atoms with Crippen molar-refractivity contribution in [1.82, 2.24) is 0 Å². The van der Waals surface area contributed by atoms with Gasteiger partial charge in [0, 0.05) is 0 Å². The van der Waals surface area contributed by atoms with Gasteiger partial charge in [0.1, 0.15) is 0 Å². The highest BCUT2D eigenvalue weighted by Crippen LogP contribution is 2.48. The zero-order valence-corrected chi connectivity index (χ0v) is 8.67. The number of rotatable bonds is 0. The lowest BCUT2D eigenvalue weighted by atomic mass is 9.80. The van der Waals surface area contributed by atoms with Crippen molar-refractivity contribution in [3.63, 3.8) is 0 Å². The van der Waals surface area contributed by atoms with Gasteiger partial charge in [-0.25, -0.2) is 0 Å². The van der Waals surface area contributed by atoms with E-state index in [2.05, 4.69) is 0 Å². The monoisotopic (exact) mass is 178 g/mol. The van der Waals surface area contributed by atoms with Gasteiger partial charge in [-0.15, -0.1) is 0 Å². The zero-order valence-electron chi connectivity index (χ0n) is 8.67. The van der Waals surface area contributed by atoms with E-state index in [4.69, 9.17) is 0 Å². The maximum absolute atomic E-state index is 1.61. The molecule has 0 spiro atoms. The minimum absolute atomic E-state index is 1.15. The van der Waals surface area contributed by atoms with Crippen LogP contribution in [-0.2, 0) is 0 Å². The molecule has 0 nitrogen and oxygen atoms in total. The van der Waals surface area contributed by atoms with Crippen molar-refractivity contribution in [1.29, 1.82) is 0 Å². The van der Waals surface area contributed by atoms with Crippen molar-refractivity contribution in [3.05, 3.63) is 0 Å². The SMILES string of the molecule is C1CC2CC(C1)CC1CCCC1C2. The van der Waals surface area contributed by atoms with Crippen molar-refractivity contribution < 1.29 is 0 Å². The molecule has 3 aliphatic rings. The van der Waals surface area contributed by atoms with Gasteiger partial charge in [-0.1, -0.05) is 38.5 Å². The Morgan fingerprint density at radius 1 is 0.538 bits per heavy atom. The third-order valence-electron chi connectivity index (χ3n) is 4.98. The fraction of sp³-hybridized carbons (Fsp3) is 1.00. The Kier molecular flexibility index (Phi) is 2.11. The van der Waals surface area contributed by atoms with Crippen LogP contribution < -0.4 is 0 Å². The van der Waals surface area contributed by atoms with Gasteiger partial charge in [-0.3, -0.25) is 0 Å². The molecule has 3 aliphatic carbocycles. The average molecular weight is 178 g/mol. The van der Waals surface area contributed by atoms with E-state index in [9.17, 15) is 0 Å². The van der Waals surface area contributed by atoms with Gasteiger partial charge < -0.3 is 0 Å². The average Bonchev–Trinajstić information content (AvgIpc) is 2.49. The van der Waals surface area contributed by atoms with Crippen LogP contribution in [-0.4, -0.2) is 0 Å². The fourth-order valence-electron chi connectivity index (χ4n) is 4.42. The molecular formula is C13H22. The summed E-state index contributed by atoms with van der Waals surface area (Å²) in [7, 11) is 0.